The van der Waals surface area contributed by atoms with Gasteiger partial charge in [-0.05, 0) is 66.8 Å². The predicted molar refractivity (Wildman–Crippen MR) is 108 cm³/mol. The van der Waals surface area contributed by atoms with Crippen LogP contribution in [-0.4, -0.2) is 21.5 Å². The number of hydrogen-bond donors (Lipinski definition) is 1. The van der Waals surface area contributed by atoms with Gasteiger partial charge in [-0.1, -0.05) is 12.1 Å². The molecule has 2 amide bonds. The highest BCUT2D eigenvalue weighted by Gasteiger charge is 2.34. The number of benzene rings is 2. The Morgan fingerprint density at radius 2 is 1.66 bits per heavy atom. The van der Waals surface area contributed by atoms with Gasteiger partial charge in [0, 0.05) is 11.9 Å². The lowest BCUT2D eigenvalue weighted by molar-refractivity contribution is -0.122. The molecule has 0 bridgehead atoms. The van der Waals surface area contributed by atoms with Crippen molar-refractivity contribution in [3.05, 3.63) is 89.8 Å². The van der Waals surface area contributed by atoms with Gasteiger partial charge in [-0.2, -0.15) is 0 Å². The third-order valence-electron chi connectivity index (χ3n) is 4.37. The quantitative estimate of drug-likeness (QED) is 0.409. The molecule has 0 atom stereocenters. The zero-order chi connectivity index (χ0) is 20.5. The summed E-state index contributed by atoms with van der Waals surface area (Å²) in [6.45, 7) is 0. The first-order valence-corrected chi connectivity index (χ1v) is 8.96. The number of nitrogens with one attached hydrogen (secondary N) is 1. The number of amides is 2. The Morgan fingerprint density at radius 1 is 0.931 bits per heavy atom. The van der Waals surface area contributed by atoms with Crippen molar-refractivity contribution in [2.75, 3.05) is 4.90 Å². The molecule has 2 aromatic carbocycles. The number of nitrogens with zero attached hydrogens (tertiary/aromatic N) is 2. The largest absolute Gasteiger partial charge is 0.314 e. The molecule has 5 nitrogen and oxygen atoms in total. The number of rotatable bonds is 3. The van der Waals surface area contributed by atoms with Crippen LogP contribution in [0.25, 0.3) is 11.8 Å². The summed E-state index contributed by atoms with van der Waals surface area (Å²) >= 11 is 5.11. The van der Waals surface area contributed by atoms with Gasteiger partial charge in [0.25, 0.3) is 11.8 Å². The van der Waals surface area contributed by atoms with Gasteiger partial charge in [0.05, 0.1) is 11.4 Å². The molecule has 1 aliphatic rings. The zero-order valence-electron chi connectivity index (χ0n) is 14.8. The van der Waals surface area contributed by atoms with Crippen LogP contribution in [0.1, 0.15) is 5.69 Å². The number of carbonyl (C=O) groups is 2. The van der Waals surface area contributed by atoms with E-state index in [9.17, 15) is 18.4 Å². The fourth-order valence-electron chi connectivity index (χ4n) is 3.01. The molecule has 0 radical (unpaired) electrons. The molecule has 1 saturated heterocycles. The van der Waals surface area contributed by atoms with Crippen LogP contribution in [0.3, 0.4) is 0 Å². The number of para-hydroxylation sites is 1. The van der Waals surface area contributed by atoms with E-state index in [1.807, 2.05) is 0 Å². The van der Waals surface area contributed by atoms with Gasteiger partial charge >= 0.3 is 0 Å². The monoisotopic (exact) mass is 409 g/mol. The maximum absolute atomic E-state index is 14.2. The fraction of sp³-hybridized carbons (Fsp3) is 0. The summed E-state index contributed by atoms with van der Waals surface area (Å²) in [5, 5.41) is 2.35. The first-order chi connectivity index (χ1) is 14.0. The van der Waals surface area contributed by atoms with E-state index in [0.29, 0.717) is 11.4 Å². The molecule has 1 N–H and O–H groups in total. The molecule has 1 aromatic heterocycles. The average Bonchev–Trinajstić information content (AvgIpc) is 3.15. The molecule has 4 rings (SSSR count). The Kier molecular flexibility index (Phi) is 4.77. The van der Waals surface area contributed by atoms with Crippen molar-refractivity contribution in [2.45, 2.75) is 0 Å². The molecular formula is C21H13F2N3O2S. The number of thiocarbonyl (C=S) groups is 1. The number of halogens is 2. The van der Waals surface area contributed by atoms with Crippen LogP contribution in [0.4, 0.5) is 14.5 Å². The third-order valence-corrected chi connectivity index (χ3v) is 4.66. The Bertz CT molecular complexity index is 1170. The smallest absolute Gasteiger partial charge is 0.270 e. The third kappa shape index (κ3) is 3.45. The SMILES string of the molecule is O=C1NC(=S)N(c2ccc(F)cc2)C(=O)/C1=C/c1cccn1-c1ccccc1F. The molecule has 0 aliphatic carbocycles. The van der Waals surface area contributed by atoms with Crippen molar-refractivity contribution in [3.63, 3.8) is 0 Å². The highest BCUT2D eigenvalue weighted by Crippen LogP contribution is 2.24. The van der Waals surface area contributed by atoms with Gasteiger partial charge in [-0.25, -0.2) is 8.78 Å². The van der Waals surface area contributed by atoms with Crippen molar-refractivity contribution in [1.82, 2.24) is 9.88 Å². The van der Waals surface area contributed by atoms with E-state index in [2.05, 4.69) is 5.32 Å². The summed E-state index contributed by atoms with van der Waals surface area (Å²) in [6, 6.07) is 14.6. The van der Waals surface area contributed by atoms with Crippen molar-refractivity contribution in [3.8, 4) is 5.69 Å². The highest BCUT2D eigenvalue weighted by atomic mass is 32.1. The molecule has 1 fully saturated rings. The van der Waals surface area contributed by atoms with Crippen LogP contribution in [0.15, 0.2) is 72.4 Å². The number of hydrogen-bond acceptors (Lipinski definition) is 3. The molecule has 1 aliphatic heterocycles. The minimum atomic E-state index is -0.667. The van der Waals surface area contributed by atoms with Crippen LogP contribution in [0.2, 0.25) is 0 Å². The van der Waals surface area contributed by atoms with E-state index in [1.165, 1.54) is 41.0 Å². The number of aromatic nitrogens is 1. The topological polar surface area (TPSA) is 54.3 Å². The molecular weight excluding hydrogens is 396 g/mol. The summed E-state index contributed by atoms with van der Waals surface area (Å²) in [5.74, 6) is -2.24. The maximum Gasteiger partial charge on any atom is 0.270 e. The Hall–Kier alpha value is -3.65. The number of carbonyl (C=O) groups excluding carboxylic acids is 2. The molecule has 0 spiro atoms. The average molecular weight is 409 g/mol. The van der Waals surface area contributed by atoms with Crippen molar-refractivity contribution in [1.29, 1.82) is 0 Å². The van der Waals surface area contributed by atoms with E-state index in [4.69, 9.17) is 12.2 Å². The Labute approximate surface area is 169 Å². The van der Waals surface area contributed by atoms with Crippen molar-refractivity contribution >= 4 is 40.9 Å². The second-order valence-corrected chi connectivity index (χ2v) is 6.58. The summed E-state index contributed by atoms with van der Waals surface area (Å²) in [6.07, 6.45) is 2.99. The summed E-state index contributed by atoms with van der Waals surface area (Å²) in [7, 11) is 0. The first kappa shape index (κ1) is 18.7. The zero-order valence-corrected chi connectivity index (χ0v) is 15.6. The molecule has 144 valence electrons. The van der Waals surface area contributed by atoms with Crippen molar-refractivity contribution in [2.24, 2.45) is 0 Å². The van der Waals surface area contributed by atoms with E-state index in [0.717, 1.165) is 4.90 Å². The summed E-state index contributed by atoms with van der Waals surface area (Å²) in [5.41, 5.74) is 0.843. The maximum atomic E-state index is 14.2. The van der Waals surface area contributed by atoms with Gasteiger partial charge in [0.1, 0.15) is 17.2 Å². The van der Waals surface area contributed by atoms with Gasteiger partial charge in [-0.3, -0.25) is 19.8 Å². The fourth-order valence-corrected chi connectivity index (χ4v) is 3.29. The van der Waals surface area contributed by atoms with Crippen LogP contribution >= 0.6 is 12.2 Å². The van der Waals surface area contributed by atoms with Crippen LogP contribution in [-0.2, 0) is 9.59 Å². The normalized spacial score (nSPS) is 15.7. The molecule has 0 saturated carbocycles. The van der Waals surface area contributed by atoms with Gasteiger partial charge in [-0.15, -0.1) is 0 Å². The lowest BCUT2D eigenvalue weighted by Gasteiger charge is -2.28. The van der Waals surface area contributed by atoms with Gasteiger partial charge < -0.3 is 4.57 Å². The van der Waals surface area contributed by atoms with Crippen LogP contribution in [0.5, 0.6) is 0 Å². The van der Waals surface area contributed by atoms with Gasteiger partial charge in [0.2, 0.25) is 0 Å². The van der Waals surface area contributed by atoms with E-state index >= 15 is 0 Å². The predicted octanol–water partition coefficient (Wildman–Crippen LogP) is 3.59. The number of anilines is 1. The summed E-state index contributed by atoms with van der Waals surface area (Å²) < 4.78 is 28.9. The summed E-state index contributed by atoms with van der Waals surface area (Å²) in [4.78, 5) is 26.5. The lowest BCUT2D eigenvalue weighted by atomic mass is 10.1. The van der Waals surface area contributed by atoms with E-state index in [1.54, 1.807) is 36.5 Å². The highest BCUT2D eigenvalue weighted by molar-refractivity contribution is 7.80. The Balaban J connectivity index is 1.76. The molecule has 29 heavy (non-hydrogen) atoms. The van der Waals surface area contributed by atoms with Crippen molar-refractivity contribution < 1.29 is 18.4 Å². The first-order valence-electron chi connectivity index (χ1n) is 8.55. The van der Waals surface area contributed by atoms with Crippen LogP contribution < -0.4 is 10.2 Å². The second kappa shape index (κ2) is 7.40. The molecule has 8 heteroatoms. The van der Waals surface area contributed by atoms with Crippen LogP contribution in [0, 0.1) is 11.6 Å². The van der Waals surface area contributed by atoms with E-state index < -0.39 is 23.4 Å². The molecule has 2 heterocycles. The Morgan fingerprint density at radius 3 is 2.38 bits per heavy atom. The van der Waals surface area contributed by atoms with Gasteiger partial charge in [0.15, 0.2) is 5.11 Å². The standard InChI is InChI=1S/C21H13F2N3O2S/c22-13-7-9-14(10-8-13)26-20(28)16(19(27)24-21(26)29)12-15-4-3-11-25(15)18-6-2-1-5-17(18)23/h1-12H,(H,24,27,29)/b16-12+. The minimum absolute atomic E-state index is 0.103. The molecule has 3 aromatic rings. The minimum Gasteiger partial charge on any atom is -0.314 e. The lowest BCUT2D eigenvalue weighted by Crippen LogP contribution is -2.54. The second-order valence-electron chi connectivity index (χ2n) is 6.19. The molecule has 0 unspecified atom stereocenters. The van der Waals surface area contributed by atoms with E-state index in [-0.39, 0.29) is 16.4 Å².